The first-order chi connectivity index (χ1) is 19.5. The summed E-state index contributed by atoms with van der Waals surface area (Å²) in [6.45, 7) is 6.26. The number of nitrogens with zero attached hydrogens (tertiary/aromatic N) is 1. The molecule has 0 saturated heterocycles. The van der Waals surface area contributed by atoms with Crippen LogP contribution in [0, 0.1) is 20.8 Å². The van der Waals surface area contributed by atoms with Gasteiger partial charge in [-0.15, -0.1) is 0 Å². The molecule has 0 fully saturated rings. The smallest absolute Gasteiger partial charge is 0.220 e. The Bertz CT molecular complexity index is 1820. The number of methoxy groups -OCH3 is 1. The highest BCUT2D eigenvalue weighted by atomic mass is 16.5. The van der Waals surface area contributed by atoms with E-state index >= 15 is 0 Å². The van der Waals surface area contributed by atoms with Crippen LogP contribution in [0.3, 0.4) is 0 Å². The molecule has 40 heavy (non-hydrogen) atoms. The first kappa shape index (κ1) is 25.4. The molecule has 0 spiro atoms. The average molecular weight is 522 g/mol. The maximum Gasteiger partial charge on any atom is 0.220 e. The summed E-state index contributed by atoms with van der Waals surface area (Å²) in [5.74, 6) is 1.45. The van der Waals surface area contributed by atoms with Gasteiger partial charge in [-0.05, 0) is 95.1 Å². The van der Waals surface area contributed by atoms with Crippen molar-refractivity contribution < 1.29 is 9.15 Å². The van der Waals surface area contributed by atoms with Crippen LogP contribution in [0.5, 0.6) is 5.75 Å². The number of ether oxygens (including phenoxy) is 1. The van der Waals surface area contributed by atoms with Crippen molar-refractivity contribution in [1.29, 1.82) is 0 Å². The van der Waals surface area contributed by atoms with Gasteiger partial charge >= 0.3 is 0 Å². The van der Waals surface area contributed by atoms with Crippen LogP contribution in [0.2, 0.25) is 0 Å². The van der Waals surface area contributed by atoms with Gasteiger partial charge in [0.25, 0.3) is 0 Å². The molecule has 0 N–H and O–H groups in total. The number of benzene rings is 5. The van der Waals surface area contributed by atoms with Crippen LogP contribution in [0.4, 0.5) is 0 Å². The molecule has 1 aromatic heterocycles. The maximum atomic E-state index is 6.09. The highest BCUT2D eigenvalue weighted by Crippen LogP contribution is 2.30. The van der Waals surface area contributed by atoms with Crippen LogP contribution in [-0.2, 0) is 0 Å². The number of hydrogen-bond donors (Lipinski definition) is 0. The molecule has 0 radical (unpaired) electrons. The van der Waals surface area contributed by atoms with E-state index in [9.17, 15) is 0 Å². The summed E-state index contributed by atoms with van der Waals surface area (Å²) in [6.07, 6.45) is 3.94. The van der Waals surface area contributed by atoms with E-state index in [1.54, 1.807) is 7.11 Å². The first-order valence-corrected chi connectivity index (χ1v) is 13.5. The normalized spacial score (nSPS) is 11.4. The molecule has 5 aromatic carbocycles. The fourth-order valence-electron chi connectivity index (χ4n) is 5.06. The van der Waals surface area contributed by atoms with Crippen molar-refractivity contribution >= 4 is 23.3 Å². The van der Waals surface area contributed by atoms with E-state index in [1.165, 1.54) is 33.4 Å². The Labute approximate surface area is 235 Å². The SMILES string of the molecule is COc1cc(/C=C/c2nc3ccc(-c4ccc(-c5ccc(-c6ccc(C)cc6)cc5)cc4)cc3o2)c(C)cc1C. The van der Waals surface area contributed by atoms with Crippen LogP contribution in [-0.4, -0.2) is 12.1 Å². The molecule has 3 nitrogen and oxygen atoms in total. The van der Waals surface area contributed by atoms with E-state index in [0.29, 0.717) is 5.89 Å². The van der Waals surface area contributed by atoms with Crippen molar-refractivity contribution in [2.45, 2.75) is 20.8 Å². The van der Waals surface area contributed by atoms with Gasteiger partial charge in [0.2, 0.25) is 5.89 Å². The molecule has 0 saturated carbocycles. The number of aryl methyl sites for hydroxylation is 3. The number of fused-ring (bicyclic) bond motifs is 1. The number of aromatic nitrogens is 1. The third-order valence-corrected chi connectivity index (χ3v) is 7.42. The standard InChI is InChI=1S/C37H31NO2/c1-24-5-7-27(8-6-24)28-9-11-29(12-10-28)30-13-15-31(16-14-30)33-17-19-34-36(23-33)40-37(38-34)20-18-32-22-35(39-4)26(3)21-25(32)2/h5-23H,1-4H3/b20-18+. The van der Waals surface area contributed by atoms with Crippen LogP contribution >= 0.6 is 0 Å². The highest BCUT2D eigenvalue weighted by molar-refractivity contribution is 5.83. The minimum Gasteiger partial charge on any atom is -0.496 e. The molecule has 0 amide bonds. The van der Waals surface area contributed by atoms with E-state index in [0.717, 1.165) is 39.1 Å². The predicted octanol–water partition coefficient (Wildman–Crippen LogP) is 9.93. The molecule has 0 aliphatic heterocycles. The molecule has 3 heteroatoms. The average Bonchev–Trinajstić information content (AvgIpc) is 3.40. The second-order valence-electron chi connectivity index (χ2n) is 10.3. The molecule has 6 aromatic rings. The molecule has 196 valence electrons. The summed E-state index contributed by atoms with van der Waals surface area (Å²) in [5, 5.41) is 0. The van der Waals surface area contributed by atoms with E-state index in [2.05, 4.69) is 117 Å². The zero-order valence-corrected chi connectivity index (χ0v) is 23.2. The van der Waals surface area contributed by atoms with Gasteiger partial charge in [-0.3, -0.25) is 0 Å². The van der Waals surface area contributed by atoms with Gasteiger partial charge in [0.05, 0.1) is 7.11 Å². The summed E-state index contributed by atoms with van der Waals surface area (Å²) in [7, 11) is 1.70. The van der Waals surface area contributed by atoms with Crippen molar-refractivity contribution in [3.8, 4) is 39.1 Å². The fourth-order valence-corrected chi connectivity index (χ4v) is 5.06. The quantitative estimate of drug-likeness (QED) is 0.219. The van der Waals surface area contributed by atoms with Crippen molar-refractivity contribution in [1.82, 2.24) is 4.98 Å². The van der Waals surface area contributed by atoms with Gasteiger partial charge in [0.1, 0.15) is 11.3 Å². The Balaban J connectivity index is 1.20. The zero-order valence-electron chi connectivity index (χ0n) is 23.2. The van der Waals surface area contributed by atoms with Gasteiger partial charge in [-0.1, -0.05) is 90.5 Å². The highest BCUT2D eigenvalue weighted by Gasteiger charge is 2.08. The second-order valence-corrected chi connectivity index (χ2v) is 10.3. The third kappa shape index (κ3) is 5.19. The van der Waals surface area contributed by atoms with Crippen LogP contribution < -0.4 is 4.74 Å². The minimum atomic E-state index is 0.579. The van der Waals surface area contributed by atoms with Crippen molar-refractivity contribution in [2.75, 3.05) is 7.11 Å². The van der Waals surface area contributed by atoms with Gasteiger partial charge in [-0.25, -0.2) is 4.98 Å². The summed E-state index contributed by atoms with van der Waals surface area (Å²) >= 11 is 0. The molecule has 1 heterocycles. The Morgan fingerprint density at radius 1 is 0.575 bits per heavy atom. The Morgan fingerprint density at radius 2 is 1.10 bits per heavy atom. The summed E-state index contributed by atoms with van der Waals surface area (Å²) < 4.78 is 11.6. The lowest BCUT2D eigenvalue weighted by molar-refractivity contribution is 0.411. The molecular weight excluding hydrogens is 490 g/mol. The zero-order chi connectivity index (χ0) is 27.6. The van der Waals surface area contributed by atoms with Crippen LogP contribution in [0.1, 0.15) is 28.1 Å². The molecule has 0 aliphatic carbocycles. The van der Waals surface area contributed by atoms with E-state index in [1.807, 2.05) is 24.3 Å². The topological polar surface area (TPSA) is 35.3 Å². The predicted molar refractivity (Wildman–Crippen MR) is 166 cm³/mol. The molecular formula is C37H31NO2. The minimum absolute atomic E-state index is 0.579. The van der Waals surface area contributed by atoms with E-state index in [4.69, 9.17) is 9.15 Å². The van der Waals surface area contributed by atoms with Crippen LogP contribution in [0.15, 0.2) is 108 Å². The number of oxazole rings is 1. The largest absolute Gasteiger partial charge is 0.496 e. The second kappa shape index (κ2) is 10.7. The Morgan fingerprint density at radius 3 is 1.68 bits per heavy atom. The fraction of sp³-hybridized carbons (Fsp3) is 0.108. The van der Waals surface area contributed by atoms with Crippen molar-refractivity contribution in [3.05, 3.63) is 131 Å². The molecule has 0 aliphatic rings. The van der Waals surface area contributed by atoms with Crippen molar-refractivity contribution in [2.24, 2.45) is 0 Å². The van der Waals surface area contributed by atoms with E-state index in [-0.39, 0.29) is 0 Å². The molecule has 6 rings (SSSR count). The number of hydrogen-bond acceptors (Lipinski definition) is 3. The van der Waals surface area contributed by atoms with Gasteiger partial charge in [0.15, 0.2) is 5.58 Å². The Kier molecular flexibility index (Phi) is 6.79. The molecule has 0 atom stereocenters. The Hall–Kier alpha value is -4.89. The van der Waals surface area contributed by atoms with Crippen molar-refractivity contribution in [3.63, 3.8) is 0 Å². The monoisotopic (exact) mass is 521 g/mol. The summed E-state index contributed by atoms with van der Waals surface area (Å²) in [5.41, 5.74) is 13.3. The van der Waals surface area contributed by atoms with Gasteiger partial charge < -0.3 is 9.15 Å². The van der Waals surface area contributed by atoms with Gasteiger partial charge in [0, 0.05) is 6.08 Å². The maximum absolute atomic E-state index is 6.09. The first-order valence-electron chi connectivity index (χ1n) is 13.5. The summed E-state index contributed by atoms with van der Waals surface area (Å²) in [6, 6.07) is 36.4. The molecule has 0 bridgehead atoms. The lowest BCUT2D eigenvalue weighted by Crippen LogP contribution is -1.90. The number of rotatable bonds is 6. The van der Waals surface area contributed by atoms with Gasteiger partial charge in [-0.2, -0.15) is 0 Å². The third-order valence-electron chi connectivity index (χ3n) is 7.42. The summed E-state index contributed by atoms with van der Waals surface area (Å²) in [4.78, 5) is 4.65. The van der Waals surface area contributed by atoms with E-state index < -0.39 is 0 Å². The molecule has 0 unspecified atom stereocenters. The lowest BCUT2D eigenvalue weighted by atomic mass is 9.98. The van der Waals surface area contributed by atoms with Crippen LogP contribution in [0.25, 0.3) is 56.6 Å². The lowest BCUT2D eigenvalue weighted by Gasteiger charge is -2.08.